The number of hydrogen-bond donors (Lipinski definition) is 3. The van der Waals surface area contributed by atoms with Crippen molar-refractivity contribution in [2.75, 3.05) is 6.61 Å². The van der Waals surface area contributed by atoms with Crippen molar-refractivity contribution in [2.24, 2.45) is 0 Å². The fraction of sp³-hybridized carbons (Fsp3) is 0.429. The second kappa shape index (κ2) is 8.59. The molecule has 1 aliphatic rings. The maximum atomic E-state index is 10.3. The molecule has 6 heteroatoms. The van der Waals surface area contributed by atoms with Crippen LogP contribution in [0.15, 0.2) is 42.5 Å². The molecular weight excluding hydrogens is 368 g/mol. The summed E-state index contributed by atoms with van der Waals surface area (Å²) < 4.78 is 11.2. The van der Waals surface area contributed by atoms with Crippen LogP contribution >= 0.6 is 11.6 Å². The van der Waals surface area contributed by atoms with Crippen molar-refractivity contribution in [3.63, 3.8) is 0 Å². The Morgan fingerprint density at radius 3 is 2.37 bits per heavy atom. The first-order valence-corrected chi connectivity index (χ1v) is 9.48. The minimum atomic E-state index is -1.26. The Morgan fingerprint density at radius 1 is 1.00 bits per heavy atom. The number of aliphatic hydroxyl groups excluding tert-OH is 3. The van der Waals surface area contributed by atoms with E-state index in [1.54, 1.807) is 19.1 Å². The molecule has 0 saturated carbocycles. The molecule has 27 heavy (non-hydrogen) atoms. The second-order valence-corrected chi connectivity index (χ2v) is 7.25. The van der Waals surface area contributed by atoms with Crippen molar-refractivity contribution >= 4 is 11.6 Å². The number of hydrogen-bond acceptors (Lipinski definition) is 5. The fourth-order valence-corrected chi connectivity index (χ4v) is 3.51. The van der Waals surface area contributed by atoms with E-state index in [0.29, 0.717) is 23.6 Å². The molecule has 0 aliphatic carbocycles. The average molecular weight is 393 g/mol. The third kappa shape index (κ3) is 4.45. The van der Waals surface area contributed by atoms with Crippen LogP contribution in [0.25, 0.3) is 0 Å². The standard InChI is InChI=1S/C21H25ClO5/c1-3-26-16-7-4-13(5-8-16)10-15-11-14(6-9-17(15)22)21-20(25)19(24)18(23)12(2)27-21/h4-9,11-12,18-21,23-25H,3,10H2,1-2H3/t12-,18+,19+,20-,21-/m1/s1. The molecule has 1 aliphatic heterocycles. The van der Waals surface area contributed by atoms with E-state index in [1.807, 2.05) is 37.3 Å². The van der Waals surface area contributed by atoms with Crippen molar-refractivity contribution in [1.29, 1.82) is 0 Å². The van der Waals surface area contributed by atoms with Gasteiger partial charge in [-0.15, -0.1) is 0 Å². The van der Waals surface area contributed by atoms with Crippen LogP contribution < -0.4 is 4.74 Å². The van der Waals surface area contributed by atoms with Gasteiger partial charge in [-0.25, -0.2) is 0 Å². The van der Waals surface area contributed by atoms with Gasteiger partial charge in [-0.3, -0.25) is 0 Å². The molecule has 0 aromatic heterocycles. The summed E-state index contributed by atoms with van der Waals surface area (Å²) in [5.41, 5.74) is 2.68. The predicted octanol–water partition coefficient (Wildman–Crippen LogP) is 2.87. The van der Waals surface area contributed by atoms with Crippen LogP contribution in [0.2, 0.25) is 5.02 Å². The van der Waals surface area contributed by atoms with Crippen LogP contribution in [0.5, 0.6) is 5.75 Å². The van der Waals surface area contributed by atoms with E-state index >= 15 is 0 Å². The Labute approximate surface area is 164 Å². The molecule has 1 fully saturated rings. The molecular formula is C21H25ClO5. The smallest absolute Gasteiger partial charge is 0.119 e. The van der Waals surface area contributed by atoms with Gasteiger partial charge in [0.05, 0.1) is 12.7 Å². The van der Waals surface area contributed by atoms with E-state index in [9.17, 15) is 15.3 Å². The quantitative estimate of drug-likeness (QED) is 0.729. The fourth-order valence-electron chi connectivity index (χ4n) is 3.32. The summed E-state index contributed by atoms with van der Waals surface area (Å²) in [6.45, 7) is 4.23. The zero-order chi connectivity index (χ0) is 19.6. The van der Waals surface area contributed by atoms with Gasteiger partial charge in [0.15, 0.2) is 0 Å². The largest absolute Gasteiger partial charge is 0.494 e. The van der Waals surface area contributed by atoms with Crippen LogP contribution in [0, 0.1) is 0 Å². The topological polar surface area (TPSA) is 79.2 Å². The third-order valence-electron chi connectivity index (χ3n) is 4.88. The Balaban J connectivity index is 1.82. The Morgan fingerprint density at radius 2 is 1.70 bits per heavy atom. The van der Waals surface area contributed by atoms with Crippen molar-refractivity contribution in [3.8, 4) is 5.75 Å². The molecule has 3 N–H and O–H groups in total. The van der Waals surface area contributed by atoms with Crippen LogP contribution in [0.3, 0.4) is 0 Å². The molecule has 1 heterocycles. The van der Waals surface area contributed by atoms with Gasteiger partial charge in [0, 0.05) is 5.02 Å². The van der Waals surface area contributed by atoms with E-state index in [0.717, 1.165) is 16.9 Å². The van der Waals surface area contributed by atoms with Gasteiger partial charge < -0.3 is 24.8 Å². The first kappa shape index (κ1) is 20.1. The highest BCUT2D eigenvalue weighted by Gasteiger charge is 2.42. The lowest BCUT2D eigenvalue weighted by Crippen LogP contribution is -2.53. The summed E-state index contributed by atoms with van der Waals surface area (Å²) in [4.78, 5) is 0. The summed E-state index contributed by atoms with van der Waals surface area (Å²) in [6, 6.07) is 13.2. The lowest BCUT2D eigenvalue weighted by atomic mass is 9.90. The number of halogens is 1. The normalized spacial score (nSPS) is 28.1. The monoisotopic (exact) mass is 392 g/mol. The molecule has 2 aromatic rings. The van der Waals surface area contributed by atoms with Crippen LogP contribution in [0.1, 0.15) is 36.6 Å². The summed E-state index contributed by atoms with van der Waals surface area (Å²) in [5.74, 6) is 0.821. The zero-order valence-electron chi connectivity index (χ0n) is 15.4. The SMILES string of the molecule is CCOc1ccc(Cc2cc([C@H]3O[C@H](C)[C@H](O)[C@H](O)[C@H]3O)ccc2Cl)cc1. The summed E-state index contributed by atoms with van der Waals surface area (Å²) >= 11 is 6.37. The summed E-state index contributed by atoms with van der Waals surface area (Å²) in [7, 11) is 0. The number of aliphatic hydroxyl groups is 3. The number of benzene rings is 2. The van der Waals surface area contributed by atoms with Crippen molar-refractivity contribution in [1.82, 2.24) is 0 Å². The summed E-state index contributed by atoms with van der Waals surface area (Å²) in [5, 5.41) is 30.9. The van der Waals surface area contributed by atoms with E-state index in [1.165, 1.54) is 0 Å². The van der Waals surface area contributed by atoms with Gasteiger partial charge in [0.2, 0.25) is 0 Å². The number of ether oxygens (including phenoxy) is 2. The molecule has 3 rings (SSSR count). The first-order chi connectivity index (χ1) is 12.9. The van der Waals surface area contributed by atoms with Gasteiger partial charge in [0.25, 0.3) is 0 Å². The second-order valence-electron chi connectivity index (χ2n) is 6.84. The van der Waals surface area contributed by atoms with Gasteiger partial charge in [-0.05, 0) is 55.2 Å². The van der Waals surface area contributed by atoms with E-state index in [2.05, 4.69) is 0 Å². The summed E-state index contributed by atoms with van der Waals surface area (Å²) in [6.07, 6.45) is -4.29. The lowest BCUT2D eigenvalue weighted by molar-refractivity contribution is -0.219. The minimum Gasteiger partial charge on any atom is -0.494 e. The maximum Gasteiger partial charge on any atom is 0.119 e. The van der Waals surface area contributed by atoms with Gasteiger partial charge >= 0.3 is 0 Å². The molecule has 5 nitrogen and oxygen atoms in total. The molecule has 1 saturated heterocycles. The van der Waals surface area contributed by atoms with Gasteiger partial charge in [0.1, 0.15) is 30.2 Å². The molecule has 0 bridgehead atoms. The van der Waals surface area contributed by atoms with E-state index in [4.69, 9.17) is 21.1 Å². The molecule has 0 unspecified atom stereocenters. The zero-order valence-corrected chi connectivity index (χ0v) is 16.1. The number of rotatable bonds is 5. The highest BCUT2D eigenvalue weighted by atomic mass is 35.5. The van der Waals surface area contributed by atoms with Crippen molar-refractivity contribution in [2.45, 2.75) is 50.8 Å². The molecule has 0 amide bonds. The molecule has 2 aromatic carbocycles. The van der Waals surface area contributed by atoms with E-state index in [-0.39, 0.29) is 0 Å². The highest BCUT2D eigenvalue weighted by molar-refractivity contribution is 6.31. The van der Waals surface area contributed by atoms with Gasteiger partial charge in [-0.1, -0.05) is 35.9 Å². The Bertz CT molecular complexity index is 764. The minimum absolute atomic E-state index is 0.585. The van der Waals surface area contributed by atoms with E-state index < -0.39 is 30.5 Å². The maximum absolute atomic E-state index is 10.3. The van der Waals surface area contributed by atoms with Gasteiger partial charge in [-0.2, -0.15) is 0 Å². The predicted molar refractivity (Wildman–Crippen MR) is 103 cm³/mol. The van der Waals surface area contributed by atoms with Crippen LogP contribution in [0.4, 0.5) is 0 Å². The molecule has 5 atom stereocenters. The third-order valence-corrected chi connectivity index (χ3v) is 5.25. The highest BCUT2D eigenvalue weighted by Crippen LogP contribution is 2.34. The first-order valence-electron chi connectivity index (χ1n) is 9.10. The van der Waals surface area contributed by atoms with Crippen LogP contribution in [-0.2, 0) is 11.2 Å². The van der Waals surface area contributed by atoms with Crippen LogP contribution in [-0.4, -0.2) is 46.3 Å². The Hall–Kier alpha value is -1.63. The average Bonchev–Trinajstić information content (AvgIpc) is 2.66. The molecule has 0 spiro atoms. The van der Waals surface area contributed by atoms with Crippen molar-refractivity contribution < 1.29 is 24.8 Å². The molecule has 146 valence electrons. The lowest BCUT2D eigenvalue weighted by Gasteiger charge is -2.39. The Kier molecular flexibility index (Phi) is 6.40. The van der Waals surface area contributed by atoms with Crippen molar-refractivity contribution in [3.05, 3.63) is 64.2 Å². The molecule has 0 radical (unpaired) electrons.